The molecule has 8 heteroatoms. The quantitative estimate of drug-likeness (QED) is 0.404. The Kier molecular flexibility index (Phi) is 3.77. The van der Waals surface area contributed by atoms with Crippen LogP contribution in [-0.4, -0.2) is 37.7 Å². The van der Waals surface area contributed by atoms with Crippen molar-refractivity contribution in [1.82, 2.24) is 0 Å². The highest BCUT2D eigenvalue weighted by molar-refractivity contribution is 5.99. The predicted octanol–water partition coefficient (Wildman–Crippen LogP) is 3.11. The van der Waals surface area contributed by atoms with E-state index in [4.69, 9.17) is 13.9 Å². The smallest absolute Gasteiger partial charge is 0.204 e. The van der Waals surface area contributed by atoms with Gasteiger partial charge in [0.25, 0.3) is 0 Å². The lowest BCUT2D eigenvalue weighted by molar-refractivity contribution is -0.112. The Bertz CT molecular complexity index is 1360. The van der Waals surface area contributed by atoms with Gasteiger partial charge in [-0.2, -0.15) is 0 Å². The van der Waals surface area contributed by atoms with Crippen LogP contribution in [0, 0.1) is 0 Å². The average molecular weight is 426 g/mol. The molecular weight excluding hydrogens is 404 g/mol. The van der Waals surface area contributed by atoms with Gasteiger partial charge in [-0.25, -0.2) is 0 Å². The number of aromatic hydroxyl groups is 2. The molecule has 8 nitrogen and oxygen atoms in total. The maximum Gasteiger partial charge on any atom is 0.204 e. The zero-order valence-corrected chi connectivity index (χ0v) is 17.4. The van der Waals surface area contributed by atoms with Crippen molar-refractivity contribution in [3.63, 3.8) is 0 Å². The third kappa shape index (κ3) is 2.65. The minimum absolute atomic E-state index is 0.0331. The fourth-order valence-electron chi connectivity index (χ4n) is 4.16. The second kappa shape index (κ2) is 5.93. The Labute approximate surface area is 176 Å². The summed E-state index contributed by atoms with van der Waals surface area (Å²) in [5.41, 5.74) is -2.10. The number of hydrogen-bond acceptors (Lipinski definition) is 8. The molecule has 1 aromatic heterocycles. The molecule has 0 spiro atoms. The third-order valence-corrected chi connectivity index (χ3v) is 5.91. The molecule has 2 aliphatic rings. The van der Waals surface area contributed by atoms with E-state index in [0.29, 0.717) is 11.3 Å². The number of ether oxygens (including phenoxy) is 2. The number of fused-ring (bicyclic) bond motifs is 4. The molecule has 2 aliphatic heterocycles. The molecule has 2 aromatic carbocycles. The van der Waals surface area contributed by atoms with Crippen molar-refractivity contribution in [2.45, 2.75) is 51.1 Å². The summed E-state index contributed by atoms with van der Waals surface area (Å²) in [6, 6.07) is 2.81. The van der Waals surface area contributed by atoms with E-state index in [1.54, 1.807) is 26.0 Å². The maximum atomic E-state index is 13.3. The summed E-state index contributed by atoms with van der Waals surface area (Å²) >= 11 is 0. The molecule has 0 amide bonds. The topological polar surface area (TPSA) is 130 Å². The molecule has 3 heterocycles. The van der Waals surface area contributed by atoms with Gasteiger partial charge in [0.15, 0.2) is 11.3 Å². The maximum absolute atomic E-state index is 13.3. The second-order valence-electron chi connectivity index (χ2n) is 9.10. The van der Waals surface area contributed by atoms with Gasteiger partial charge in [-0.05, 0) is 45.9 Å². The first kappa shape index (κ1) is 19.7. The van der Waals surface area contributed by atoms with E-state index in [1.165, 1.54) is 12.1 Å². The summed E-state index contributed by atoms with van der Waals surface area (Å²) in [4.78, 5) is 13.3. The van der Waals surface area contributed by atoms with Gasteiger partial charge in [-0.15, -0.1) is 0 Å². The number of phenolic OH excluding ortho intramolecular Hbond substituents is 2. The molecular formula is C23H22O8. The molecule has 2 atom stereocenters. The summed E-state index contributed by atoms with van der Waals surface area (Å²) in [6.07, 6.45) is 0.774. The molecule has 0 saturated heterocycles. The van der Waals surface area contributed by atoms with E-state index in [-0.39, 0.29) is 39.0 Å². The molecule has 0 radical (unpaired) electrons. The summed E-state index contributed by atoms with van der Waals surface area (Å²) in [5.74, 6) is -0.498. The van der Waals surface area contributed by atoms with E-state index in [1.807, 2.05) is 13.8 Å². The fourth-order valence-corrected chi connectivity index (χ4v) is 4.16. The van der Waals surface area contributed by atoms with Crippen molar-refractivity contribution in [2.24, 2.45) is 0 Å². The number of hydrogen-bond donors (Lipinski definition) is 4. The van der Waals surface area contributed by atoms with Crippen LogP contribution in [0.15, 0.2) is 27.4 Å². The number of rotatable bonds is 0. The van der Waals surface area contributed by atoms with Crippen molar-refractivity contribution in [2.75, 3.05) is 0 Å². The van der Waals surface area contributed by atoms with Crippen LogP contribution >= 0.6 is 0 Å². The Morgan fingerprint density at radius 3 is 2.42 bits per heavy atom. The van der Waals surface area contributed by atoms with Crippen molar-refractivity contribution < 1.29 is 34.3 Å². The van der Waals surface area contributed by atoms with Crippen LogP contribution in [0.5, 0.6) is 23.0 Å². The third-order valence-electron chi connectivity index (χ3n) is 5.91. The lowest BCUT2D eigenvalue weighted by Gasteiger charge is -2.40. The van der Waals surface area contributed by atoms with Gasteiger partial charge in [-0.1, -0.05) is 0 Å². The first-order chi connectivity index (χ1) is 14.4. The molecule has 0 bridgehead atoms. The molecule has 5 rings (SSSR count). The fraction of sp³-hybridized carbons (Fsp3) is 0.348. The Hall–Kier alpha value is -3.23. The normalized spacial score (nSPS) is 23.2. The van der Waals surface area contributed by atoms with Gasteiger partial charge < -0.3 is 34.3 Å². The zero-order valence-electron chi connectivity index (χ0n) is 17.4. The molecule has 4 N–H and O–H groups in total. The molecule has 2 unspecified atom stereocenters. The van der Waals surface area contributed by atoms with E-state index < -0.39 is 34.6 Å². The summed E-state index contributed by atoms with van der Waals surface area (Å²) < 4.78 is 17.4. The zero-order chi connectivity index (χ0) is 22.5. The lowest BCUT2D eigenvalue weighted by atomic mass is 9.87. The molecule has 0 saturated carbocycles. The SMILES string of the molecule is CC1(C)C=Cc2c(cc3oc4c(O)c5c(cc4c(=O)c3c2O)C(O)C(O)C(C)(C)O5)O1. The van der Waals surface area contributed by atoms with Gasteiger partial charge in [0.05, 0.1) is 10.9 Å². The van der Waals surface area contributed by atoms with Crippen LogP contribution in [0.4, 0.5) is 0 Å². The summed E-state index contributed by atoms with van der Waals surface area (Å²) in [6.45, 7) is 6.84. The van der Waals surface area contributed by atoms with Crippen molar-refractivity contribution in [3.05, 3.63) is 39.6 Å². The van der Waals surface area contributed by atoms with E-state index in [2.05, 4.69) is 0 Å². The Morgan fingerprint density at radius 2 is 1.71 bits per heavy atom. The summed E-state index contributed by atoms with van der Waals surface area (Å²) in [7, 11) is 0. The standard InChI is InChI=1S/C23H22O8/c1-22(2)6-5-9-12(30-22)8-13-14(15(9)24)16(25)10-7-11-17(26)21(28)23(3,4)31-20(11)18(27)19(10)29-13/h5-8,17,21,24,26-28H,1-4H3. The van der Waals surface area contributed by atoms with Crippen LogP contribution in [0.3, 0.4) is 0 Å². The predicted molar refractivity (Wildman–Crippen MR) is 113 cm³/mol. The monoisotopic (exact) mass is 426 g/mol. The highest BCUT2D eigenvalue weighted by Crippen LogP contribution is 2.49. The summed E-state index contributed by atoms with van der Waals surface area (Å²) in [5, 5.41) is 42.4. The average Bonchev–Trinajstić information content (AvgIpc) is 2.67. The largest absolute Gasteiger partial charge is 0.506 e. The second-order valence-corrected chi connectivity index (χ2v) is 9.10. The van der Waals surface area contributed by atoms with Crippen LogP contribution < -0.4 is 14.9 Å². The molecule has 3 aromatic rings. The van der Waals surface area contributed by atoms with E-state index in [9.17, 15) is 25.2 Å². The van der Waals surface area contributed by atoms with Crippen molar-refractivity contribution in [1.29, 1.82) is 0 Å². The number of aliphatic hydroxyl groups excluding tert-OH is 2. The van der Waals surface area contributed by atoms with Crippen molar-refractivity contribution >= 4 is 28.0 Å². The highest BCUT2D eigenvalue weighted by atomic mass is 16.5. The van der Waals surface area contributed by atoms with E-state index in [0.717, 1.165) is 0 Å². The minimum Gasteiger partial charge on any atom is -0.506 e. The number of aliphatic hydroxyl groups is 2. The number of benzene rings is 2. The first-order valence-electron chi connectivity index (χ1n) is 9.87. The minimum atomic E-state index is -1.39. The number of phenols is 2. The Balaban J connectivity index is 1.86. The van der Waals surface area contributed by atoms with Crippen LogP contribution in [0.25, 0.3) is 28.0 Å². The van der Waals surface area contributed by atoms with Crippen LogP contribution in [0.2, 0.25) is 0 Å². The highest BCUT2D eigenvalue weighted by Gasteiger charge is 2.44. The molecule has 0 aliphatic carbocycles. The van der Waals surface area contributed by atoms with Crippen LogP contribution in [0.1, 0.15) is 44.9 Å². The van der Waals surface area contributed by atoms with Gasteiger partial charge in [-0.3, -0.25) is 4.79 Å². The van der Waals surface area contributed by atoms with E-state index >= 15 is 0 Å². The van der Waals surface area contributed by atoms with Crippen LogP contribution in [-0.2, 0) is 0 Å². The molecule has 0 fully saturated rings. The van der Waals surface area contributed by atoms with Gasteiger partial charge in [0.1, 0.15) is 45.9 Å². The van der Waals surface area contributed by atoms with Crippen molar-refractivity contribution in [3.8, 4) is 23.0 Å². The van der Waals surface area contributed by atoms with Gasteiger partial charge >= 0.3 is 0 Å². The van der Waals surface area contributed by atoms with Gasteiger partial charge in [0, 0.05) is 11.6 Å². The van der Waals surface area contributed by atoms with Gasteiger partial charge in [0.2, 0.25) is 11.2 Å². The lowest BCUT2D eigenvalue weighted by Crippen LogP contribution is -2.48. The Morgan fingerprint density at radius 1 is 1.00 bits per heavy atom. The molecule has 162 valence electrons. The first-order valence-corrected chi connectivity index (χ1v) is 9.87. The molecule has 31 heavy (non-hydrogen) atoms.